The van der Waals surface area contributed by atoms with E-state index >= 15 is 0 Å². The average Bonchev–Trinajstić information content (AvgIpc) is 2.82. The molecule has 2 aliphatic rings. The Kier molecular flexibility index (Phi) is 3.76. The summed E-state index contributed by atoms with van der Waals surface area (Å²) in [6.45, 7) is 0. The molecular weight excluding hydrogens is 299 g/mol. The highest BCUT2D eigenvalue weighted by Gasteiger charge is 2.39. The largest absolute Gasteiger partial charge is 0.466 e. The molecule has 0 spiro atoms. The molecule has 0 N–H and O–H groups in total. The van der Waals surface area contributed by atoms with E-state index in [-0.39, 0.29) is 18.2 Å². The zero-order valence-corrected chi connectivity index (χ0v) is 12.5. The summed E-state index contributed by atoms with van der Waals surface area (Å²) in [5.74, 6) is -0.323. The van der Waals surface area contributed by atoms with Gasteiger partial charge in [0.25, 0.3) is 0 Å². The van der Waals surface area contributed by atoms with Crippen molar-refractivity contribution in [3.8, 4) is 0 Å². The molecule has 1 aromatic rings. The molecule has 20 heavy (non-hydrogen) atoms. The molecule has 106 valence electrons. The molecule has 3 nitrogen and oxygen atoms in total. The van der Waals surface area contributed by atoms with Gasteiger partial charge in [-0.1, -0.05) is 29.3 Å². The third-order valence-corrected chi connectivity index (χ3v) is 4.60. The summed E-state index contributed by atoms with van der Waals surface area (Å²) < 4.78 is 10.7. The number of hydrogen-bond donors (Lipinski definition) is 0. The monoisotopic (exact) mass is 312 g/mol. The lowest BCUT2D eigenvalue weighted by molar-refractivity contribution is -0.137. The molecule has 1 fully saturated rings. The second-order valence-electron chi connectivity index (χ2n) is 5.04. The number of esters is 1. The van der Waals surface area contributed by atoms with Crippen LogP contribution in [0.15, 0.2) is 23.8 Å². The van der Waals surface area contributed by atoms with Gasteiger partial charge in [0.05, 0.1) is 34.9 Å². The number of carbonyl (C=O) groups excluding carboxylic acids is 1. The van der Waals surface area contributed by atoms with Crippen molar-refractivity contribution < 1.29 is 14.3 Å². The topological polar surface area (TPSA) is 35.5 Å². The standard InChI is InChI=1S/C15H14Cl2O3/c1-19-15(18)14-10(7-9-3-5-13(14)20-9)8-2-4-11(16)12(17)6-8/h2,4,6,9,13H,3,5,7H2,1H3/t9-,13+/m1/s1. The number of benzene rings is 1. The fourth-order valence-electron chi connectivity index (χ4n) is 2.92. The average molecular weight is 313 g/mol. The Morgan fingerprint density at radius 3 is 2.80 bits per heavy atom. The lowest BCUT2D eigenvalue weighted by atomic mass is 9.92. The summed E-state index contributed by atoms with van der Waals surface area (Å²) >= 11 is 12.0. The van der Waals surface area contributed by atoms with Crippen molar-refractivity contribution in [3.63, 3.8) is 0 Å². The Balaban J connectivity index is 2.10. The van der Waals surface area contributed by atoms with Crippen molar-refractivity contribution >= 4 is 34.7 Å². The SMILES string of the molecule is COC(=O)C1=C(c2ccc(Cl)c(Cl)c2)C[C@H]2CC[C@@H]1O2. The summed E-state index contributed by atoms with van der Waals surface area (Å²) in [6.07, 6.45) is 2.55. The maximum atomic E-state index is 12.1. The van der Waals surface area contributed by atoms with Crippen molar-refractivity contribution in [2.75, 3.05) is 7.11 Å². The number of halogens is 2. The smallest absolute Gasteiger partial charge is 0.336 e. The van der Waals surface area contributed by atoms with E-state index in [1.807, 2.05) is 6.07 Å². The lowest BCUT2D eigenvalue weighted by Crippen LogP contribution is -2.26. The molecule has 2 aliphatic heterocycles. The van der Waals surface area contributed by atoms with Gasteiger partial charge in [-0.2, -0.15) is 0 Å². The number of ether oxygens (including phenoxy) is 2. The van der Waals surface area contributed by atoms with Crippen molar-refractivity contribution in [1.29, 1.82) is 0 Å². The number of methoxy groups -OCH3 is 1. The first-order chi connectivity index (χ1) is 9.60. The fraction of sp³-hybridized carbons (Fsp3) is 0.400. The third kappa shape index (κ3) is 2.34. The van der Waals surface area contributed by atoms with Crippen LogP contribution in [0.1, 0.15) is 24.8 Å². The van der Waals surface area contributed by atoms with E-state index in [4.69, 9.17) is 32.7 Å². The Morgan fingerprint density at radius 2 is 2.10 bits per heavy atom. The zero-order valence-electron chi connectivity index (χ0n) is 11.0. The Bertz CT molecular complexity index is 595. The van der Waals surface area contributed by atoms with Crippen LogP contribution in [0.5, 0.6) is 0 Å². The predicted molar refractivity (Wildman–Crippen MR) is 77.9 cm³/mol. The quantitative estimate of drug-likeness (QED) is 0.778. The summed E-state index contributed by atoms with van der Waals surface area (Å²) in [7, 11) is 1.39. The van der Waals surface area contributed by atoms with Crippen LogP contribution in [0.2, 0.25) is 10.0 Å². The van der Waals surface area contributed by atoms with Gasteiger partial charge in [-0.15, -0.1) is 0 Å². The molecule has 0 aliphatic carbocycles. The van der Waals surface area contributed by atoms with Crippen LogP contribution in [0, 0.1) is 0 Å². The van der Waals surface area contributed by atoms with Gasteiger partial charge in [0.2, 0.25) is 0 Å². The lowest BCUT2D eigenvalue weighted by Gasteiger charge is -2.26. The van der Waals surface area contributed by atoms with Gasteiger partial charge in [-0.05, 0) is 42.5 Å². The van der Waals surface area contributed by atoms with E-state index in [2.05, 4.69) is 0 Å². The van der Waals surface area contributed by atoms with Crippen LogP contribution in [-0.4, -0.2) is 25.3 Å². The number of fused-ring (bicyclic) bond motifs is 2. The summed E-state index contributed by atoms with van der Waals surface area (Å²) in [5, 5.41) is 0.991. The Hall–Kier alpha value is -1.03. The minimum atomic E-state index is -0.323. The van der Waals surface area contributed by atoms with Crippen LogP contribution in [-0.2, 0) is 14.3 Å². The molecule has 0 aromatic heterocycles. The highest BCUT2D eigenvalue weighted by molar-refractivity contribution is 6.42. The third-order valence-electron chi connectivity index (χ3n) is 3.86. The van der Waals surface area contributed by atoms with Gasteiger partial charge in [0.1, 0.15) is 0 Å². The van der Waals surface area contributed by atoms with Crippen molar-refractivity contribution in [3.05, 3.63) is 39.4 Å². The highest BCUT2D eigenvalue weighted by Crippen LogP contribution is 2.42. The van der Waals surface area contributed by atoms with Gasteiger partial charge in [0, 0.05) is 0 Å². The zero-order chi connectivity index (χ0) is 14.3. The highest BCUT2D eigenvalue weighted by atomic mass is 35.5. The number of hydrogen-bond acceptors (Lipinski definition) is 3. The molecule has 0 amide bonds. The van der Waals surface area contributed by atoms with Gasteiger partial charge in [-0.3, -0.25) is 0 Å². The first-order valence-corrected chi connectivity index (χ1v) is 7.28. The van der Waals surface area contributed by atoms with Crippen LogP contribution in [0.4, 0.5) is 0 Å². The molecule has 0 radical (unpaired) electrons. The molecule has 2 bridgehead atoms. The van der Waals surface area contributed by atoms with Crippen molar-refractivity contribution in [2.24, 2.45) is 0 Å². The normalized spacial score (nSPS) is 24.9. The molecule has 5 heteroatoms. The molecule has 0 saturated carbocycles. The molecule has 2 atom stereocenters. The first-order valence-electron chi connectivity index (χ1n) is 6.52. The second kappa shape index (κ2) is 5.40. The van der Waals surface area contributed by atoms with Gasteiger partial charge >= 0.3 is 5.97 Å². The number of carbonyl (C=O) groups is 1. The van der Waals surface area contributed by atoms with E-state index in [1.54, 1.807) is 12.1 Å². The van der Waals surface area contributed by atoms with Gasteiger partial charge in [-0.25, -0.2) is 4.79 Å². The Morgan fingerprint density at radius 1 is 1.30 bits per heavy atom. The van der Waals surface area contributed by atoms with E-state index in [0.29, 0.717) is 22.0 Å². The maximum absolute atomic E-state index is 12.1. The van der Waals surface area contributed by atoms with Gasteiger partial charge in [0.15, 0.2) is 0 Å². The fourth-order valence-corrected chi connectivity index (χ4v) is 3.22. The van der Waals surface area contributed by atoms with Crippen LogP contribution in [0.25, 0.3) is 5.57 Å². The number of rotatable bonds is 2. The van der Waals surface area contributed by atoms with E-state index in [1.165, 1.54) is 7.11 Å². The van der Waals surface area contributed by atoms with E-state index < -0.39 is 0 Å². The van der Waals surface area contributed by atoms with Crippen LogP contribution in [0.3, 0.4) is 0 Å². The second-order valence-corrected chi connectivity index (χ2v) is 5.86. The molecule has 1 saturated heterocycles. The summed E-state index contributed by atoms with van der Waals surface area (Å²) in [4.78, 5) is 12.1. The summed E-state index contributed by atoms with van der Waals surface area (Å²) in [5.41, 5.74) is 2.51. The summed E-state index contributed by atoms with van der Waals surface area (Å²) in [6, 6.07) is 5.43. The molecule has 1 aromatic carbocycles. The minimum Gasteiger partial charge on any atom is -0.466 e. The van der Waals surface area contributed by atoms with Gasteiger partial charge < -0.3 is 9.47 Å². The Labute approximate surface area is 127 Å². The van der Waals surface area contributed by atoms with E-state index in [0.717, 1.165) is 24.0 Å². The molecule has 2 heterocycles. The van der Waals surface area contributed by atoms with Crippen molar-refractivity contribution in [2.45, 2.75) is 31.5 Å². The van der Waals surface area contributed by atoms with E-state index in [9.17, 15) is 4.79 Å². The predicted octanol–water partition coefficient (Wildman–Crippen LogP) is 3.87. The minimum absolute atomic E-state index is 0.161. The van der Waals surface area contributed by atoms with Crippen LogP contribution >= 0.6 is 23.2 Å². The first kappa shape index (κ1) is 13.9. The maximum Gasteiger partial charge on any atom is 0.336 e. The molecular formula is C15H14Cl2O3. The molecule has 0 unspecified atom stereocenters. The molecule has 3 rings (SSSR count). The van der Waals surface area contributed by atoms with Crippen molar-refractivity contribution in [1.82, 2.24) is 0 Å². The van der Waals surface area contributed by atoms with Crippen LogP contribution < -0.4 is 0 Å².